The molecule has 0 bridgehead atoms. The standard InChI is InChI=1S/C26H21ClN2O3/c1-31-21-10-5-18(26(16-21)32-2)6-12-25(30)17-3-8-20(9-4-17)29-23-13-14-28-24-15-19(27)7-11-22(23)24/h3-16H,1-2H3,(H,28,29)/b12-6+. The Balaban J connectivity index is 1.49. The third-order valence-corrected chi connectivity index (χ3v) is 5.24. The minimum atomic E-state index is -0.0987. The van der Waals surface area contributed by atoms with E-state index in [0.29, 0.717) is 22.1 Å². The summed E-state index contributed by atoms with van der Waals surface area (Å²) >= 11 is 6.06. The first-order chi connectivity index (χ1) is 15.6. The van der Waals surface area contributed by atoms with Crippen molar-refractivity contribution in [1.29, 1.82) is 0 Å². The number of allylic oxidation sites excluding steroid dienone is 1. The number of anilines is 2. The van der Waals surface area contributed by atoms with Crippen molar-refractivity contribution in [2.45, 2.75) is 0 Å². The van der Waals surface area contributed by atoms with E-state index in [2.05, 4.69) is 10.3 Å². The second kappa shape index (κ2) is 9.54. The molecular formula is C26H21ClN2O3. The first kappa shape index (κ1) is 21.4. The zero-order chi connectivity index (χ0) is 22.5. The lowest BCUT2D eigenvalue weighted by Crippen LogP contribution is -1.97. The number of aromatic nitrogens is 1. The van der Waals surface area contributed by atoms with Crippen molar-refractivity contribution in [3.63, 3.8) is 0 Å². The summed E-state index contributed by atoms with van der Waals surface area (Å²) < 4.78 is 10.6. The quantitative estimate of drug-likeness (QED) is 0.259. The lowest BCUT2D eigenvalue weighted by Gasteiger charge is -2.10. The number of rotatable bonds is 7. The van der Waals surface area contributed by atoms with Crippen LogP contribution in [0.5, 0.6) is 11.5 Å². The molecule has 0 saturated heterocycles. The number of benzene rings is 3. The molecular weight excluding hydrogens is 424 g/mol. The van der Waals surface area contributed by atoms with Gasteiger partial charge in [0.25, 0.3) is 0 Å². The van der Waals surface area contributed by atoms with E-state index in [1.807, 2.05) is 48.5 Å². The van der Waals surface area contributed by atoms with Gasteiger partial charge >= 0.3 is 0 Å². The Morgan fingerprint density at radius 3 is 2.53 bits per heavy atom. The molecule has 3 aromatic carbocycles. The summed E-state index contributed by atoms with van der Waals surface area (Å²) in [7, 11) is 3.18. The molecule has 0 unspecified atom stereocenters. The van der Waals surface area contributed by atoms with Gasteiger partial charge in [-0.05, 0) is 72.8 Å². The monoisotopic (exact) mass is 444 g/mol. The smallest absolute Gasteiger partial charge is 0.185 e. The minimum Gasteiger partial charge on any atom is -0.497 e. The van der Waals surface area contributed by atoms with Gasteiger partial charge in [-0.1, -0.05) is 11.6 Å². The van der Waals surface area contributed by atoms with Crippen molar-refractivity contribution >= 4 is 45.7 Å². The van der Waals surface area contributed by atoms with Crippen LogP contribution in [0.1, 0.15) is 15.9 Å². The highest BCUT2D eigenvalue weighted by molar-refractivity contribution is 6.31. The Hall–Kier alpha value is -3.83. The summed E-state index contributed by atoms with van der Waals surface area (Å²) in [6, 6.07) is 20.3. The molecule has 0 amide bonds. The largest absolute Gasteiger partial charge is 0.497 e. The molecule has 0 aliphatic heterocycles. The fourth-order valence-corrected chi connectivity index (χ4v) is 3.49. The molecule has 0 atom stereocenters. The zero-order valence-electron chi connectivity index (χ0n) is 17.6. The molecule has 1 heterocycles. The number of nitrogens with one attached hydrogen (secondary N) is 1. The van der Waals surface area contributed by atoms with Crippen LogP contribution in [0.2, 0.25) is 5.02 Å². The number of pyridine rings is 1. The van der Waals surface area contributed by atoms with Crippen molar-refractivity contribution in [3.05, 3.63) is 95.2 Å². The Morgan fingerprint density at radius 1 is 0.969 bits per heavy atom. The lowest BCUT2D eigenvalue weighted by atomic mass is 10.1. The van der Waals surface area contributed by atoms with E-state index >= 15 is 0 Å². The summed E-state index contributed by atoms with van der Waals surface area (Å²) in [4.78, 5) is 17.0. The normalized spacial score (nSPS) is 11.0. The van der Waals surface area contributed by atoms with E-state index in [4.69, 9.17) is 21.1 Å². The van der Waals surface area contributed by atoms with Crippen LogP contribution in [0.3, 0.4) is 0 Å². The number of carbonyl (C=O) groups is 1. The maximum atomic E-state index is 12.6. The summed E-state index contributed by atoms with van der Waals surface area (Å²) in [5, 5.41) is 4.99. The average molecular weight is 445 g/mol. The van der Waals surface area contributed by atoms with Crippen LogP contribution >= 0.6 is 11.6 Å². The van der Waals surface area contributed by atoms with Crippen LogP contribution in [-0.2, 0) is 0 Å². The van der Waals surface area contributed by atoms with Gasteiger partial charge in [-0.15, -0.1) is 0 Å². The van der Waals surface area contributed by atoms with Crippen molar-refractivity contribution < 1.29 is 14.3 Å². The van der Waals surface area contributed by atoms with Crippen LogP contribution in [0.15, 0.2) is 79.0 Å². The minimum absolute atomic E-state index is 0.0987. The first-order valence-electron chi connectivity index (χ1n) is 9.93. The molecule has 5 nitrogen and oxygen atoms in total. The molecule has 0 spiro atoms. The number of nitrogens with zero attached hydrogens (tertiary/aromatic N) is 1. The molecule has 160 valence electrons. The highest BCUT2D eigenvalue weighted by Crippen LogP contribution is 2.28. The molecule has 1 N–H and O–H groups in total. The molecule has 0 fully saturated rings. The highest BCUT2D eigenvalue weighted by Gasteiger charge is 2.07. The molecule has 0 aliphatic carbocycles. The molecule has 32 heavy (non-hydrogen) atoms. The van der Waals surface area contributed by atoms with Gasteiger partial charge in [-0.25, -0.2) is 0 Å². The Kier molecular flexibility index (Phi) is 6.38. The lowest BCUT2D eigenvalue weighted by molar-refractivity contribution is 0.104. The summed E-state index contributed by atoms with van der Waals surface area (Å²) in [6.07, 6.45) is 5.00. The molecule has 0 aliphatic rings. The van der Waals surface area contributed by atoms with Gasteiger partial charge in [0.05, 0.1) is 19.7 Å². The number of carbonyl (C=O) groups excluding carboxylic acids is 1. The molecule has 4 rings (SSSR count). The predicted molar refractivity (Wildman–Crippen MR) is 129 cm³/mol. The molecule has 4 aromatic rings. The number of ether oxygens (including phenoxy) is 2. The summed E-state index contributed by atoms with van der Waals surface area (Å²) in [5.41, 5.74) is 3.98. The van der Waals surface area contributed by atoms with Gasteiger partial charge in [0.15, 0.2) is 5.78 Å². The fraction of sp³-hybridized carbons (Fsp3) is 0.0769. The number of hydrogen-bond acceptors (Lipinski definition) is 5. The van der Waals surface area contributed by atoms with Crippen LogP contribution in [0.25, 0.3) is 17.0 Å². The van der Waals surface area contributed by atoms with Crippen molar-refractivity contribution in [2.24, 2.45) is 0 Å². The van der Waals surface area contributed by atoms with Gasteiger partial charge in [0.1, 0.15) is 11.5 Å². The summed E-state index contributed by atoms with van der Waals surface area (Å²) in [5.74, 6) is 1.23. The van der Waals surface area contributed by atoms with E-state index in [-0.39, 0.29) is 5.78 Å². The topological polar surface area (TPSA) is 60.5 Å². The number of fused-ring (bicyclic) bond motifs is 1. The molecule has 1 aromatic heterocycles. The second-order valence-corrected chi connectivity index (χ2v) is 7.46. The van der Waals surface area contributed by atoms with Crippen LogP contribution < -0.4 is 14.8 Å². The fourth-order valence-electron chi connectivity index (χ4n) is 3.32. The second-order valence-electron chi connectivity index (χ2n) is 7.03. The van der Waals surface area contributed by atoms with Gasteiger partial charge < -0.3 is 14.8 Å². The number of hydrogen-bond donors (Lipinski definition) is 1. The average Bonchev–Trinajstić information content (AvgIpc) is 2.82. The maximum Gasteiger partial charge on any atom is 0.185 e. The van der Waals surface area contributed by atoms with E-state index < -0.39 is 0 Å². The predicted octanol–water partition coefficient (Wildman–Crippen LogP) is 6.55. The van der Waals surface area contributed by atoms with Crippen molar-refractivity contribution in [2.75, 3.05) is 19.5 Å². The Bertz CT molecular complexity index is 1300. The molecule has 0 radical (unpaired) electrons. The van der Waals surface area contributed by atoms with Crippen LogP contribution in [-0.4, -0.2) is 25.0 Å². The van der Waals surface area contributed by atoms with Crippen molar-refractivity contribution in [1.82, 2.24) is 4.98 Å². The number of ketones is 1. The van der Waals surface area contributed by atoms with Gasteiger partial charge in [0, 0.05) is 45.2 Å². The Labute approximate surface area is 191 Å². The van der Waals surface area contributed by atoms with Gasteiger partial charge in [0.2, 0.25) is 0 Å². The third kappa shape index (κ3) is 4.74. The van der Waals surface area contributed by atoms with E-state index in [9.17, 15) is 4.79 Å². The number of methoxy groups -OCH3 is 2. The van der Waals surface area contributed by atoms with Crippen LogP contribution in [0, 0.1) is 0 Å². The van der Waals surface area contributed by atoms with E-state index in [1.165, 1.54) is 6.08 Å². The zero-order valence-corrected chi connectivity index (χ0v) is 18.4. The highest BCUT2D eigenvalue weighted by atomic mass is 35.5. The molecule has 6 heteroatoms. The summed E-state index contributed by atoms with van der Waals surface area (Å²) in [6.45, 7) is 0. The SMILES string of the molecule is COc1ccc(/C=C/C(=O)c2ccc(Nc3ccnc4cc(Cl)ccc34)cc2)c(OC)c1. The van der Waals surface area contributed by atoms with E-state index in [1.54, 1.807) is 44.7 Å². The maximum absolute atomic E-state index is 12.6. The van der Waals surface area contributed by atoms with Gasteiger partial charge in [-0.3, -0.25) is 9.78 Å². The van der Waals surface area contributed by atoms with Crippen LogP contribution in [0.4, 0.5) is 11.4 Å². The van der Waals surface area contributed by atoms with Gasteiger partial charge in [-0.2, -0.15) is 0 Å². The molecule has 0 saturated carbocycles. The van der Waals surface area contributed by atoms with E-state index in [0.717, 1.165) is 27.8 Å². The number of halogens is 1. The first-order valence-corrected chi connectivity index (χ1v) is 10.3. The van der Waals surface area contributed by atoms with Crippen molar-refractivity contribution in [3.8, 4) is 11.5 Å². The Morgan fingerprint density at radius 2 is 1.78 bits per heavy atom. The third-order valence-electron chi connectivity index (χ3n) is 5.01.